The summed E-state index contributed by atoms with van der Waals surface area (Å²) in [5.74, 6) is -2.37. The summed E-state index contributed by atoms with van der Waals surface area (Å²) in [6.07, 6.45) is 3.50. The van der Waals surface area contributed by atoms with Crippen molar-refractivity contribution in [3.63, 3.8) is 0 Å². The average molecular weight is 189 g/mol. The van der Waals surface area contributed by atoms with Gasteiger partial charge < -0.3 is 5.32 Å². The van der Waals surface area contributed by atoms with Crippen molar-refractivity contribution in [2.45, 2.75) is 38.0 Å². The largest absolute Gasteiger partial charge is 0.317 e. The van der Waals surface area contributed by atoms with Crippen LogP contribution < -0.4 is 5.32 Å². The summed E-state index contributed by atoms with van der Waals surface area (Å²) in [7, 11) is 0. The molecule has 1 aliphatic carbocycles. The van der Waals surface area contributed by atoms with Crippen molar-refractivity contribution >= 4 is 0 Å². The third-order valence-corrected chi connectivity index (χ3v) is 3.19. The summed E-state index contributed by atoms with van der Waals surface area (Å²) in [6, 6.07) is 0. The maximum atomic E-state index is 13.4. The molecule has 13 heavy (non-hydrogen) atoms. The maximum Gasteiger partial charge on any atom is 0.251 e. The zero-order valence-corrected chi connectivity index (χ0v) is 7.86. The Morgan fingerprint density at radius 3 is 2.23 bits per heavy atom. The molecule has 1 heterocycles. The SMILES string of the molecule is FC(F)(CC1CCNCC1)C1CC1. The molecule has 0 amide bonds. The van der Waals surface area contributed by atoms with Crippen LogP contribution in [0.1, 0.15) is 32.1 Å². The van der Waals surface area contributed by atoms with E-state index in [-0.39, 0.29) is 18.3 Å². The first kappa shape index (κ1) is 9.38. The number of rotatable bonds is 3. The molecule has 0 radical (unpaired) electrons. The standard InChI is InChI=1S/C10H17F2N/c11-10(12,9-1-2-9)7-8-3-5-13-6-4-8/h8-9,13H,1-7H2. The molecular weight excluding hydrogens is 172 g/mol. The van der Waals surface area contributed by atoms with Gasteiger partial charge in [-0.2, -0.15) is 0 Å². The van der Waals surface area contributed by atoms with Crippen LogP contribution in [0.25, 0.3) is 0 Å². The normalized spacial score (nSPS) is 26.3. The van der Waals surface area contributed by atoms with Gasteiger partial charge >= 0.3 is 0 Å². The molecule has 0 aromatic rings. The van der Waals surface area contributed by atoms with Gasteiger partial charge in [0.2, 0.25) is 0 Å². The lowest BCUT2D eigenvalue weighted by atomic mass is 9.90. The Morgan fingerprint density at radius 1 is 1.08 bits per heavy atom. The molecule has 1 aliphatic heterocycles. The van der Waals surface area contributed by atoms with Crippen LogP contribution in [0.5, 0.6) is 0 Å². The van der Waals surface area contributed by atoms with E-state index in [2.05, 4.69) is 5.32 Å². The van der Waals surface area contributed by atoms with E-state index < -0.39 is 5.92 Å². The zero-order chi connectivity index (χ0) is 9.31. The van der Waals surface area contributed by atoms with Crippen LogP contribution in [-0.4, -0.2) is 19.0 Å². The van der Waals surface area contributed by atoms with Crippen LogP contribution in [0.3, 0.4) is 0 Å². The monoisotopic (exact) mass is 189 g/mol. The van der Waals surface area contributed by atoms with Gasteiger partial charge in [-0.1, -0.05) is 0 Å². The highest BCUT2D eigenvalue weighted by Gasteiger charge is 2.47. The van der Waals surface area contributed by atoms with Crippen molar-refractivity contribution in [1.29, 1.82) is 0 Å². The lowest BCUT2D eigenvalue weighted by Crippen LogP contribution is -2.32. The van der Waals surface area contributed by atoms with Gasteiger partial charge in [0.15, 0.2) is 0 Å². The first-order chi connectivity index (χ1) is 6.18. The smallest absolute Gasteiger partial charge is 0.251 e. The van der Waals surface area contributed by atoms with E-state index in [0.717, 1.165) is 38.8 Å². The number of hydrogen-bond acceptors (Lipinski definition) is 1. The van der Waals surface area contributed by atoms with E-state index in [1.807, 2.05) is 0 Å². The van der Waals surface area contributed by atoms with Crippen molar-refractivity contribution in [3.05, 3.63) is 0 Å². The van der Waals surface area contributed by atoms with Crippen LogP contribution in [0.4, 0.5) is 8.78 Å². The Hall–Kier alpha value is -0.180. The summed E-state index contributed by atoms with van der Waals surface area (Å²) < 4.78 is 26.7. The van der Waals surface area contributed by atoms with Crippen LogP contribution in [0, 0.1) is 11.8 Å². The quantitative estimate of drug-likeness (QED) is 0.719. The molecule has 2 aliphatic rings. The Bertz CT molecular complexity index is 172. The molecule has 0 aromatic carbocycles. The summed E-state index contributed by atoms with van der Waals surface area (Å²) >= 11 is 0. The predicted octanol–water partition coefficient (Wildman–Crippen LogP) is 2.42. The molecule has 2 rings (SSSR count). The number of halogens is 2. The molecule has 3 heteroatoms. The number of piperidine rings is 1. The minimum absolute atomic E-state index is 0.138. The van der Waals surface area contributed by atoms with Gasteiger partial charge in [0, 0.05) is 12.3 Å². The van der Waals surface area contributed by atoms with Crippen LogP contribution in [-0.2, 0) is 0 Å². The van der Waals surface area contributed by atoms with Gasteiger partial charge in [-0.25, -0.2) is 8.78 Å². The van der Waals surface area contributed by atoms with Crippen LogP contribution in [0.2, 0.25) is 0 Å². The summed E-state index contributed by atoms with van der Waals surface area (Å²) in [6.45, 7) is 1.84. The number of nitrogens with one attached hydrogen (secondary N) is 1. The molecule has 0 unspecified atom stereocenters. The first-order valence-electron chi connectivity index (χ1n) is 5.27. The topological polar surface area (TPSA) is 12.0 Å². The Labute approximate surface area is 77.9 Å². The molecule has 1 N–H and O–H groups in total. The Balaban J connectivity index is 1.80. The minimum atomic E-state index is -2.36. The second-order valence-corrected chi connectivity index (χ2v) is 4.43. The fourth-order valence-electron chi connectivity index (χ4n) is 2.14. The van der Waals surface area contributed by atoms with E-state index in [1.165, 1.54) is 0 Å². The van der Waals surface area contributed by atoms with Gasteiger partial charge in [-0.05, 0) is 44.7 Å². The summed E-state index contributed by atoms with van der Waals surface area (Å²) in [5.41, 5.74) is 0. The molecule has 0 aromatic heterocycles. The van der Waals surface area contributed by atoms with E-state index in [0.29, 0.717) is 0 Å². The van der Waals surface area contributed by atoms with Gasteiger partial charge in [0.05, 0.1) is 0 Å². The van der Waals surface area contributed by atoms with Gasteiger partial charge in [-0.3, -0.25) is 0 Å². The second kappa shape index (κ2) is 3.52. The fraction of sp³-hybridized carbons (Fsp3) is 1.00. The second-order valence-electron chi connectivity index (χ2n) is 4.43. The lowest BCUT2D eigenvalue weighted by molar-refractivity contribution is -0.0477. The Kier molecular flexibility index (Phi) is 2.54. The lowest BCUT2D eigenvalue weighted by Gasteiger charge is -2.26. The minimum Gasteiger partial charge on any atom is -0.317 e. The Morgan fingerprint density at radius 2 is 1.69 bits per heavy atom. The maximum absolute atomic E-state index is 13.4. The molecule has 0 bridgehead atoms. The molecule has 2 fully saturated rings. The van der Waals surface area contributed by atoms with Crippen molar-refractivity contribution in [2.75, 3.05) is 13.1 Å². The number of hydrogen-bond donors (Lipinski definition) is 1. The van der Waals surface area contributed by atoms with Gasteiger partial charge in [0.25, 0.3) is 5.92 Å². The van der Waals surface area contributed by atoms with Crippen molar-refractivity contribution in [3.8, 4) is 0 Å². The highest BCUT2D eigenvalue weighted by Crippen LogP contribution is 2.47. The molecule has 0 spiro atoms. The summed E-state index contributed by atoms with van der Waals surface area (Å²) in [5, 5.41) is 3.20. The molecule has 1 nitrogen and oxygen atoms in total. The van der Waals surface area contributed by atoms with E-state index in [1.54, 1.807) is 0 Å². The fourth-order valence-corrected chi connectivity index (χ4v) is 2.14. The van der Waals surface area contributed by atoms with Crippen LogP contribution >= 0.6 is 0 Å². The average Bonchev–Trinajstić information content (AvgIpc) is 2.87. The van der Waals surface area contributed by atoms with E-state index in [9.17, 15) is 8.78 Å². The van der Waals surface area contributed by atoms with Gasteiger partial charge in [0.1, 0.15) is 0 Å². The highest BCUT2D eigenvalue weighted by atomic mass is 19.3. The third-order valence-electron chi connectivity index (χ3n) is 3.19. The van der Waals surface area contributed by atoms with Crippen molar-refractivity contribution in [2.24, 2.45) is 11.8 Å². The third kappa shape index (κ3) is 2.39. The van der Waals surface area contributed by atoms with Gasteiger partial charge in [-0.15, -0.1) is 0 Å². The van der Waals surface area contributed by atoms with E-state index >= 15 is 0 Å². The molecule has 0 atom stereocenters. The van der Waals surface area contributed by atoms with Crippen molar-refractivity contribution < 1.29 is 8.78 Å². The first-order valence-corrected chi connectivity index (χ1v) is 5.27. The van der Waals surface area contributed by atoms with E-state index in [4.69, 9.17) is 0 Å². The zero-order valence-electron chi connectivity index (χ0n) is 7.86. The molecule has 76 valence electrons. The molecule has 1 saturated carbocycles. The molecular formula is C10H17F2N. The highest BCUT2D eigenvalue weighted by molar-refractivity contribution is 4.89. The molecule has 1 saturated heterocycles. The number of alkyl halides is 2. The van der Waals surface area contributed by atoms with Crippen LogP contribution in [0.15, 0.2) is 0 Å². The summed E-state index contributed by atoms with van der Waals surface area (Å²) in [4.78, 5) is 0. The van der Waals surface area contributed by atoms with Crippen molar-refractivity contribution in [1.82, 2.24) is 5.32 Å². The predicted molar refractivity (Wildman–Crippen MR) is 47.9 cm³/mol.